The SMILES string of the molecule is CCC(CN(C)C)C(C)C.CCc1ccc(Cc2ccc(OC)nc2)s1.Cc1ccc(C#N)c(Cl)c1. The van der Waals surface area contributed by atoms with Gasteiger partial charge in [-0.25, -0.2) is 4.98 Å². The van der Waals surface area contributed by atoms with Gasteiger partial charge in [0.05, 0.1) is 17.7 Å². The number of nitrogens with zero attached hydrogens (tertiary/aromatic N) is 3. The third kappa shape index (κ3) is 12.0. The van der Waals surface area contributed by atoms with Crippen LogP contribution in [0.5, 0.6) is 5.88 Å². The van der Waals surface area contributed by atoms with E-state index >= 15 is 0 Å². The van der Waals surface area contributed by atoms with Crippen LogP contribution in [-0.4, -0.2) is 37.6 Å². The second-order valence-electron chi connectivity index (χ2n) is 9.38. The lowest BCUT2D eigenvalue weighted by Crippen LogP contribution is -2.24. The molecule has 0 amide bonds. The molecule has 0 fully saturated rings. The summed E-state index contributed by atoms with van der Waals surface area (Å²) in [5.74, 6) is 2.37. The van der Waals surface area contributed by atoms with E-state index in [0.29, 0.717) is 16.5 Å². The van der Waals surface area contributed by atoms with Crippen molar-refractivity contribution in [3.8, 4) is 11.9 Å². The minimum absolute atomic E-state index is 0.530. The minimum Gasteiger partial charge on any atom is -0.481 e. The summed E-state index contributed by atoms with van der Waals surface area (Å²) < 4.78 is 5.03. The monoisotopic (exact) mass is 527 g/mol. The number of benzene rings is 1. The van der Waals surface area contributed by atoms with Gasteiger partial charge in [0.25, 0.3) is 0 Å². The number of pyridine rings is 1. The van der Waals surface area contributed by atoms with Crippen molar-refractivity contribution < 1.29 is 4.74 Å². The summed E-state index contributed by atoms with van der Waals surface area (Å²) in [5.41, 5.74) is 2.83. The number of aromatic nitrogens is 1. The predicted octanol–water partition coefficient (Wildman–Crippen LogP) is 8.06. The molecular formula is C30H42ClN3OS. The Balaban J connectivity index is 0.000000285. The number of rotatable bonds is 8. The topological polar surface area (TPSA) is 49.1 Å². The van der Waals surface area contributed by atoms with Gasteiger partial charge < -0.3 is 9.64 Å². The van der Waals surface area contributed by atoms with Crippen molar-refractivity contribution in [3.05, 3.63) is 80.1 Å². The summed E-state index contributed by atoms with van der Waals surface area (Å²) in [6, 6.07) is 15.7. The number of halogens is 1. The van der Waals surface area contributed by atoms with E-state index in [1.54, 1.807) is 19.2 Å². The standard InChI is InChI=1S/C13H15NOS.C9H21N.C8H6ClN/c1-3-11-5-6-12(16-11)8-10-4-7-13(15-2)14-9-10;1-6-9(8(2)3)7-10(4)5;1-6-2-3-7(5-10)8(9)4-6/h4-7,9H,3,8H2,1-2H3;8-9H,6-7H2,1-5H3;2-4H,1H3. The molecule has 1 unspecified atom stereocenters. The largest absolute Gasteiger partial charge is 0.481 e. The molecule has 0 saturated carbocycles. The van der Waals surface area contributed by atoms with Gasteiger partial charge in [0.2, 0.25) is 5.88 Å². The van der Waals surface area contributed by atoms with E-state index in [2.05, 4.69) is 69.9 Å². The molecule has 0 bridgehead atoms. The number of ether oxygens (including phenoxy) is 1. The average molecular weight is 528 g/mol. The second-order valence-corrected chi connectivity index (χ2v) is 11.0. The number of hydrogen-bond acceptors (Lipinski definition) is 5. The van der Waals surface area contributed by atoms with E-state index in [9.17, 15) is 0 Å². The fourth-order valence-corrected chi connectivity index (χ4v) is 4.81. The van der Waals surface area contributed by atoms with Crippen molar-refractivity contribution in [2.24, 2.45) is 11.8 Å². The zero-order chi connectivity index (χ0) is 27.1. The third-order valence-electron chi connectivity index (χ3n) is 5.76. The number of aryl methyl sites for hydroxylation is 2. The van der Waals surface area contributed by atoms with Crippen LogP contribution in [0, 0.1) is 30.1 Å². The summed E-state index contributed by atoms with van der Waals surface area (Å²) >= 11 is 7.59. The highest BCUT2D eigenvalue weighted by molar-refractivity contribution is 7.12. The first-order valence-electron chi connectivity index (χ1n) is 12.5. The summed E-state index contributed by atoms with van der Waals surface area (Å²) in [6.45, 7) is 12.2. The highest BCUT2D eigenvalue weighted by Gasteiger charge is 2.10. The van der Waals surface area contributed by atoms with Crippen molar-refractivity contribution in [3.63, 3.8) is 0 Å². The summed E-state index contributed by atoms with van der Waals surface area (Å²) in [5, 5.41) is 9.00. The van der Waals surface area contributed by atoms with Gasteiger partial charge in [-0.1, -0.05) is 57.8 Å². The van der Waals surface area contributed by atoms with Crippen molar-refractivity contribution in [1.29, 1.82) is 5.26 Å². The van der Waals surface area contributed by atoms with Gasteiger partial charge >= 0.3 is 0 Å². The Morgan fingerprint density at radius 1 is 1.08 bits per heavy atom. The molecule has 6 heteroatoms. The van der Waals surface area contributed by atoms with Gasteiger partial charge in [-0.3, -0.25) is 0 Å². The smallest absolute Gasteiger partial charge is 0.212 e. The highest BCUT2D eigenvalue weighted by Crippen LogP contribution is 2.21. The Hall–Kier alpha value is -2.39. The molecular weight excluding hydrogens is 486 g/mol. The van der Waals surface area contributed by atoms with Crippen LogP contribution in [-0.2, 0) is 12.8 Å². The Morgan fingerprint density at radius 3 is 2.19 bits per heavy atom. The number of methoxy groups -OCH3 is 1. The molecule has 0 aliphatic carbocycles. The molecule has 36 heavy (non-hydrogen) atoms. The molecule has 0 saturated heterocycles. The van der Waals surface area contributed by atoms with E-state index in [-0.39, 0.29) is 0 Å². The molecule has 0 N–H and O–H groups in total. The van der Waals surface area contributed by atoms with Crippen LogP contribution in [0.15, 0.2) is 48.7 Å². The zero-order valence-corrected chi connectivity index (χ0v) is 24.7. The van der Waals surface area contributed by atoms with Crippen molar-refractivity contribution in [2.75, 3.05) is 27.7 Å². The van der Waals surface area contributed by atoms with E-state index < -0.39 is 0 Å². The molecule has 2 aromatic heterocycles. The number of hydrogen-bond donors (Lipinski definition) is 0. The molecule has 3 rings (SSSR count). The van der Waals surface area contributed by atoms with Gasteiger partial charge in [0, 0.05) is 35.0 Å². The van der Waals surface area contributed by atoms with Crippen LogP contribution in [0.4, 0.5) is 0 Å². The second kappa shape index (κ2) is 17.1. The lowest BCUT2D eigenvalue weighted by Gasteiger charge is -2.22. The Labute approximate surface area is 227 Å². The molecule has 4 nitrogen and oxygen atoms in total. The molecule has 1 atom stereocenters. The quantitative estimate of drug-likeness (QED) is 0.297. The summed E-state index contributed by atoms with van der Waals surface area (Å²) in [4.78, 5) is 9.31. The average Bonchev–Trinajstić information content (AvgIpc) is 3.31. The first kappa shape index (κ1) is 31.6. The molecule has 2 heterocycles. The molecule has 0 aliphatic heterocycles. The normalized spacial score (nSPS) is 11.2. The molecule has 1 aromatic carbocycles. The van der Waals surface area contributed by atoms with E-state index in [1.165, 1.54) is 28.3 Å². The first-order valence-corrected chi connectivity index (χ1v) is 13.7. The number of thiophene rings is 1. The van der Waals surface area contributed by atoms with Crippen LogP contribution in [0.2, 0.25) is 5.02 Å². The maximum absolute atomic E-state index is 8.47. The maximum atomic E-state index is 8.47. The van der Waals surface area contributed by atoms with E-state index in [1.807, 2.05) is 42.7 Å². The highest BCUT2D eigenvalue weighted by atomic mass is 35.5. The van der Waals surface area contributed by atoms with Gasteiger partial charge in [-0.15, -0.1) is 11.3 Å². The molecule has 0 aliphatic rings. The Morgan fingerprint density at radius 2 is 1.78 bits per heavy atom. The molecule has 196 valence electrons. The van der Waals surface area contributed by atoms with Crippen LogP contribution < -0.4 is 4.74 Å². The van der Waals surface area contributed by atoms with Gasteiger partial charge in [-0.2, -0.15) is 5.26 Å². The van der Waals surface area contributed by atoms with E-state index in [0.717, 1.165) is 30.2 Å². The predicted molar refractivity (Wildman–Crippen MR) is 155 cm³/mol. The molecule has 3 aromatic rings. The van der Waals surface area contributed by atoms with Gasteiger partial charge in [-0.05, 0) is 74.7 Å². The third-order valence-corrected chi connectivity index (χ3v) is 7.31. The van der Waals surface area contributed by atoms with Crippen LogP contribution in [0.1, 0.15) is 60.6 Å². The van der Waals surface area contributed by atoms with Crippen LogP contribution in [0.25, 0.3) is 0 Å². The Kier molecular flexibility index (Phi) is 15.1. The fourth-order valence-electron chi connectivity index (χ4n) is 3.54. The van der Waals surface area contributed by atoms with E-state index in [4.69, 9.17) is 21.6 Å². The summed E-state index contributed by atoms with van der Waals surface area (Å²) in [7, 11) is 5.92. The lowest BCUT2D eigenvalue weighted by atomic mass is 9.93. The maximum Gasteiger partial charge on any atom is 0.212 e. The Bertz CT molecular complexity index is 1050. The van der Waals surface area contributed by atoms with Crippen molar-refractivity contribution >= 4 is 22.9 Å². The van der Waals surface area contributed by atoms with Crippen LogP contribution in [0.3, 0.4) is 0 Å². The first-order chi connectivity index (χ1) is 17.1. The van der Waals surface area contributed by atoms with Crippen molar-refractivity contribution in [2.45, 2.75) is 53.9 Å². The fraction of sp³-hybridized carbons (Fsp3) is 0.467. The zero-order valence-electron chi connectivity index (χ0n) is 23.1. The lowest BCUT2D eigenvalue weighted by molar-refractivity contribution is 0.263. The molecule has 0 radical (unpaired) electrons. The van der Waals surface area contributed by atoms with Gasteiger partial charge in [0.15, 0.2) is 0 Å². The van der Waals surface area contributed by atoms with Crippen LogP contribution >= 0.6 is 22.9 Å². The summed E-state index contributed by atoms with van der Waals surface area (Å²) in [6.07, 6.45) is 5.26. The minimum atomic E-state index is 0.530. The van der Waals surface area contributed by atoms with Gasteiger partial charge in [0.1, 0.15) is 6.07 Å². The number of nitriles is 1. The van der Waals surface area contributed by atoms with Crippen molar-refractivity contribution in [1.82, 2.24) is 9.88 Å². The molecule has 0 spiro atoms.